The molecule has 0 spiro atoms. The number of carbonyl (C=O) groups excluding carboxylic acids is 1. The van der Waals surface area contributed by atoms with Gasteiger partial charge in [-0.25, -0.2) is 0 Å². The van der Waals surface area contributed by atoms with E-state index in [1.54, 1.807) is 0 Å². The Morgan fingerprint density at radius 1 is 1.32 bits per heavy atom. The van der Waals surface area contributed by atoms with Gasteiger partial charge in [0.1, 0.15) is 11.8 Å². The van der Waals surface area contributed by atoms with E-state index in [0.29, 0.717) is 12.5 Å². The molecule has 2 N–H and O–H groups in total. The first-order chi connectivity index (χ1) is 9.10. The van der Waals surface area contributed by atoms with Crippen LogP contribution in [0.5, 0.6) is 5.75 Å². The van der Waals surface area contributed by atoms with Gasteiger partial charge in [0.15, 0.2) is 5.96 Å². The number of hydrogen-bond acceptors (Lipinski definition) is 3. The van der Waals surface area contributed by atoms with Crippen LogP contribution < -0.4 is 15.4 Å². The third-order valence-electron chi connectivity index (χ3n) is 2.69. The Bertz CT molecular complexity index is 480. The Kier molecular flexibility index (Phi) is 4.04. The van der Waals surface area contributed by atoms with Gasteiger partial charge in [0, 0.05) is 6.54 Å². The Morgan fingerprint density at radius 2 is 2.00 bits per heavy atom. The first-order valence-electron chi connectivity index (χ1n) is 6.48. The highest BCUT2D eigenvalue weighted by molar-refractivity contribution is 6.06. The Hall–Kier alpha value is -2.04. The third-order valence-corrected chi connectivity index (χ3v) is 2.69. The van der Waals surface area contributed by atoms with Crippen molar-refractivity contribution >= 4 is 11.9 Å². The summed E-state index contributed by atoms with van der Waals surface area (Å²) in [6, 6.07) is 7.16. The predicted molar refractivity (Wildman–Crippen MR) is 74.2 cm³/mol. The number of hydrogen-bond donors (Lipinski definition) is 2. The number of aliphatic imine (C=N–C) groups is 1. The van der Waals surface area contributed by atoms with Crippen molar-refractivity contribution in [3.8, 4) is 5.75 Å². The smallest absolute Gasteiger partial charge is 0.253 e. The average molecular weight is 261 g/mol. The SMILES string of the molecule is CCN=C1NC(=O)C(c2ccc(OC(C)C)cc2)N1. The van der Waals surface area contributed by atoms with E-state index in [1.807, 2.05) is 45.0 Å². The zero-order valence-corrected chi connectivity index (χ0v) is 11.4. The van der Waals surface area contributed by atoms with E-state index in [-0.39, 0.29) is 18.1 Å². The molecule has 1 aromatic carbocycles. The fourth-order valence-corrected chi connectivity index (χ4v) is 1.92. The van der Waals surface area contributed by atoms with Crippen LogP contribution in [0.4, 0.5) is 0 Å². The molecule has 0 aromatic heterocycles. The van der Waals surface area contributed by atoms with E-state index in [4.69, 9.17) is 4.74 Å². The minimum atomic E-state index is -0.376. The number of ether oxygens (including phenoxy) is 1. The second kappa shape index (κ2) is 5.73. The van der Waals surface area contributed by atoms with Crippen LogP contribution in [0.3, 0.4) is 0 Å². The normalized spacial score (nSPS) is 20.5. The van der Waals surface area contributed by atoms with Gasteiger partial charge in [0.2, 0.25) is 0 Å². The minimum absolute atomic E-state index is 0.0790. The minimum Gasteiger partial charge on any atom is -0.491 e. The maximum Gasteiger partial charge on any atom is 0.253 e. The summed E-state index contributed by atoms with van der Waals surface area (Å²) in [5.74, 6) is 1.27. The Morgan fingerprint density at radius 3 is 2.58 bits per heavy atom. The summed E-state index contributed by atoms with van der Waals surface area (Å²) in [6.45, 7) is 6.52. The zero-order valence-electron chi connectivity index (χ0n) is 11.4. The largest absolute Gasteiger partial charge is 0.491 e. The molecule has 1 fully saturated rings. The van der Waals surface area contributed by atoms with E-state index in [1.165, 1.54) is 0 Å². The molecule has 1 aliphatic rings. The molecular weight excluding hydrogens is 242 g/mol. The molecule has 0 aliphatic carbocycles. The van der Waals surface area contributed by atoms with Crippen LogP contribution >= 0.6 is 0 Å². The van der Waals surface area contributed by atoms with Crippen molar-refractivity contribution in [1.82, 2.24) is 10.6 Å². The number of amides is 1. The van der Waals surface area contributed by atoms with Crippen molar-refractivity contribution in [3.63, 3.8) is 0 Å². The molecule has 19 heavy (non-hydrogen) atoms. The number of guanidine groups is 1. The van der Waals surface area contributed by atoms with Gasteiger partial charge in [-0.3, -0.25) is 15.1 Å². The molecular formula is C14H19N3O2. The van der Waals surface area contributed by atoms with Gasteiger partial charge in [-0.2, -0.15) is 0 Å². The summed E-state index contributed by atoms with van der Waals surface area (Å²) < 4.78 is 5.57. The molecule has 1 amide bonds. The standard InChI is InChI=1S/C14H19N3O2/c1-4-15-14-16-12(13(18)17-14)10-5-7-11(8-6-10)19-9(2)3/h5-9,12H,4H2,1-3H3,(H2,15,16,17,18). The summed E-state index contributed by atoms with van der Waals surface area (Å²) in [6.07, 6.45) is 0.141. The van der Waals surface area contributed by atoms with E-state index < -0.39 is 0 Å². The summed E-state index contributed by atoms with van der Waals surface area (Å²) in [4.78, 5) is 16.0. The molecule has 1 unspecified atom stereocenters. The molecule has 1 aliphatic heterocycles. The first kappa shape index (κ1) is 13.4. The quantitative estimate of drug-likeness (QED) is 0.865. The molecule has 1 atom stereocenters. The monoisotopic (exact) mass is 261 g/mol. The van der Waals surface area contributed by atoms with Crippen molar-refractivity contribution in [1.29, 1.82) is 0 Å². The molecule has 5 heteroatoms. The van der Waals surface area contributed by atoms with E-state index in [0.717, 1.165) is 11.3 Å². The Labute approximate surface area is 113 Å². The summed E-state index contributed by atoms with van der Waals surface area (Å²) in [7, 11) is 0. The topological polar surface area (TPSA) is 62.7 Å². The number of nitrogens with one attached hydrogen (secondary N) is 2. The lowest BCUT2D eigenvalue weighted by molar-refractivity contribution is -0.120. The molecule has 2 rings (SSSR count). The van der Waals surface area contributed by atoms with Crippen LogP contribution in [0, 0.1) is 0 Å². The van der Waals surface area contributed by atoms with Crippen LogP contribution in [0.1, 0.15) is 32.4 Å². The van der Waals surface area contributed by atoms with Crippen LogP contribution in [0.15, 0.2) is 29.3 Å². The van der Waals surface area contributed by atoms with Crippen molar-refractivity contribution in [3.05, 3.63) is 29.8 Å². The fraction of sp³-hybridized carbons (Fsp3) is 0.429. The lowest BCUT2D eigenvalue weighted by Gasteiger charge is -2.12. The van der Waals surface area contributed by atoms with Crippen molar-refractivity contribution in [2.24, 2.45) is 4.99 Å². The molecule has 1 aromatic rings. The van der Waals surface area contributed by atoms with Crippen LogP contribution in [-0.4, -0.2) is 24.5 Å². The van der Waals surface area contributed by atoms with E-state index in [9.17, 15) is 4.79 Å². The van der Waals surface area contributed by atoms with Crippen LogP contribution in [0.25, 0.3) is 0 Å². The number of benzene rings is 1. The van der Waals surface area contributed by atoms with E-state index in [2.05, 4.69) is 15.6 Å². The van der Waals surface area contributed by atoms with Crippen molar-refractivity contribution in [2.75, 3.05) is 6.54 Å². The summed E-state index contributed by atoms with van der Waals surface area (Å²) in [5, 5.41) is 5.79. The van der Waals surface area contributed by atoms with Gasteiger partial charge in [-0.05, 0) is 38.5 Å². The number of rotatable bonds is 4. The molecule has 0 radical (unpaired) electrons. The zero-order chi connectivity index (χ0) is 13.8. The van der Waals surface area contributed by atoms with Gasteiger partial charge in [-0.1, -0.05) is 12.1 Å². The molecule has 1 saturated heterocycles. The third kappa shape index (κ3) is 3.24. The van der Waals surface area contributed by atoms with Gasteiger partial charge in [-0.15, -0.1) is 0 Å². The van der Waals surface area contributed by atoms with Gasteiger partial charge < -0.3 is 10.1 Å². The van der Waals surface area contributed by atoms with Crippen molar-refractivity contribution < 1.29 is 9.53 Å². The van der Waals surface area contributed by atoms with Gasteiger partial charge in [0.25, 0.3) is 5.91 Å². The first-order valence-corrected chi connectivity index (χ1v) is 6.48. The fourth-order valence-electron chi connectivity index (χ4n) is 1.92. The number of nitrogens with zero attached hydrogens (tertiary/aromatic N) is 1. The number of carbonyl (C=O) groups is 1. The molecule has 0 saturated carbocycles. The maximum atomic E-state index is 11.8. The highest BCUT2D eigenvalue weighted by Gasteiger charge is 2.29. The molecule has 102 valence electrons. The van der Waals surface area contributed by atoms with E-state index >= 15 is 0 Å². The lowest BCUT2D eigenvalue weighted by Crippen LogP contribution is -2.25. The summed E-state index contributed by atoms with van der Waals surface area (Å²) >= 11 is 0. The average Bonchev–Trinajstić information content (AvgIpc) is 2.71. The second-order valence-corrected chi connectivity index (χ2v) is 4.63. The molecule has 5 nitrogen and oxygen atoms in total. The molecule has 1 heterocycles. The van der Waals surface area contributed by atoms with Crippen LogP contribution in [-0.2, 0) is 4.79 Å². The van der Waals surface area contributed by atoms with Crippen LogP contribution in [0.2, 0.25) is 0 Å². The lowest BCUT2D eigenvalue weighted by atomic mass is 10.1. The Balaban J connectivity index is 2.10. The van der Waals surface area contributed by atoms with Gasteiger partial charge >= 0.3 is 0 Å². The van der Waals surface area contributed by atoms with Crippen molar-refractivity contribution in [2.45, 2.75) is 32.9 Å². The maximum absolute atomic E-state index is 11.8. The highest BCUT2D eigenvalue weighted by Crippen LogP contribution is 2.20. The predicted octanol–water partition coefficient (Wildman–Crippen LogP) is 1.61. The highest BCUT2D eigenvalue weighted by atomic mass is 16.5. The summed E-state index contributed by atoms with van der Waals surface area (Å²) in [5.41, 5.74) is 0.898. The second-order valence-electron chi connectivity index (χ2n) is 4.63. The molecule has 0 bridgehead atoms. The van der Waals surface area contributed by atoms with Gasteiger partial charge in [0.05, 0.1) is 6.10 Å².